The molecule has 0 saturated carbocycles. The van der Waals surface area contributed by atoms with Crippen molar-refractivity contribution in [3.63, 3.8) is 0 Å². The van der Waals surface area contributed by atoms with Crippen LogP contribution in [0.2, 0.25) is 0 Å². The maximum absolute atomic E-state index is 11.5. The summed E-state index contributed by atoms with van der Waals surface area (Å²) in [5, 5.41) is 3.02. The lowest BCUT2D eigenvalue weighted by atomic mass is 10.2. The van der Waals surface area contributed by atoms with Crippen molar-refractivity contribution >= 4 is 5.97 Å². The number of aromatic nitrogens is 1. The van der Waals surface area contributed by atoms with Crippen molar-refractivity contribution in [2.75, 3.05) is 13.7 Å². The summed E-state index contributed by atoms with van der Waals surface area (Å²) in [5.74, 6) is 0.301. The molecular weight excluding hydrogens is 232 g/mol. The van der Waals surface area contributed by atoms with E-state index in [4.69, 9.17) is 9.47 Å². The SMILES string of the molecule is COc1cc(CNCC(=O)OC(C)(C)C)ccn1. The van der Waals surface area contributed by atoms with E-state index in [9.17, 15) is 4.79 Å². The standard InChI is InChI=1S/C13H20N2O3/c1-13(2,3)18-12(16)9-14-8-10-5-6-15-11(7-10)17-4/h5-7,14H,8-9H2,1-4H3. The third-order valence-electron chi connectivity index (χ3n) is 2.03. The fourth-order valence-corrected chi connectivity index (χ4v) is 1.36. The largest absolute Gasteiger partial charge is 0.481 e. The molecule has 0 fully saturated rings. The minimum Gasteiger partial charge on any atom is -0.481 e. The minimum absolute atomic E-state index is 0.182. The number of ether oxygens (including phenoxy) is 2. The van der Waals surface area contributed by atoms with Gasteiger partial charge in [0.05, 0.1) is 13.7 Å². The molecule has 0 saturated heterocycles. The van der Waals surface area contributed by atoms with Gasteiger partial charge in [-0.2, -0.15) is 0 Å². The molecule has 0 unspecified atom stereocenters. The molecule has 1 aromatic rings. The molecule has 100 valence electrons. The average molecular weight is 252 g/mol. The van der Waals surface area contributed by atoms with Crippen LogP contribution in [0.15, 0.2) is 18.3 Å². The first-order valence-electron chi connectivity index (χ1n) is 5.82. The molecule has 1 heterocycles. The van der Waals surface area contributed by atoms with Gasteiger partial charge >= 0.3 is 5.97 Å². The summed E-state index contributed by atoms with van der Waals surface area (Å²) in [6.45, 7) is 6.29. The maximum atomic E-state index is 11.5. The van der Waals surface area contributed by atoms with Crippen LogP contribution in [0.5, 0.6) is 5.88 Å². The molecule has 5 heteroatoms. The van der Waals surface area contributed by atoms with Crippen molar-refractivity contribution in [1.29, 1.82) is 0 Å². The van der Waals surface area contributed by atoms with Gasteiger partial charge in [-0.1, -0.05) is 0 Å². The quantitative estimate of drug-likeness (QED) is 0.805. The van der Waals surface area contributed by atoms with Crippen LogP contribution in [-0.4, -0.2) is 30.2 Å². The molecule has 0 aliphatic rings. The number of nitrogens with zero attached hydrogens (tertiary/aromatic N) is 1. The third-order valence-corrected chi connectivity index (χ3v) is 2.03. The van der Waals surface area contributed by atoms with Gasteiger partial charge in [0.15, 0.2) is 0 Å². The molecule has 0 spiro atoms. The predicted molar refractivity (Wildman–Crippen MR) is 68.3 cm³/mol. The Morgan fingerprint density at radius 1 is 1.44 bits per heavy atom. The highest BCUT2D eigenvalue weighted by Crippen LogP contribution is 2.08. The fourth-order valence-electron chi connectivity index (χ4n) is 1.36. The van der Waals surface area contributed by atoms with Gasteiger partial charge in [-0.25, -0.2) is 4.98 Å². The van der Waals surface area contributed by atoms with E-state index in [0.29, 0.717) is 12.4 Å². The van der Waals surface area contributed by atoms with Crippen molar-refractivity contribution in [2.24, 2.45) is 0 Å². The Morgan fingerprint density at radius 3 is 2.78 bits per heavy atom. The molecule has 18 heavy (non-hydrogen) atoms. The number of hydrogen-bond donors (Lipinski definition) is 1. The number of nitrogens with one attached hydrogen (secondary N) is 1. The number of pyridine rings is 1. The number of hydrogen-bond acceptors (Lipinski definition) is 5. The smallest absolute Gasteiger partial charge is 0.320 e. The number of esters is 1. The number of carbonyl (C=O) groups excluding carboxylic acids is 1. The summed E-state index contributed by atoms with van der Waals surface area (Å²) < 4.78 is 10.2. The van der Waals surface area contributed by atoms with E-state index < -0.39 is 5.60 Å². The molecule has 1 rings (SSSR count). The van der Waals surface area contributed by atoms with Crippen LogP contribution >= 0.6 is 0 Å². The van der Waals surface area contributed by atoms with Crippen LogP contribution in [0.25, 0.3) is 0 Å². The molecule has 1 N–H and O–H groups in total. The molecule has 0 aromatic carbocycles. The van der Waals surface area contributed by atoms with Crippen LogP contribution in [0.3, 0.4) is 0 Å². The van der Waals surface area contributed by atoms with Crippen molar-refractivity contribution in [2.45, 2.75) is 32.9 Å². The van der Waals surface area contributed by atoms with Crippen molar-refractivity contribution in [3.05, 3.63) is 23.9 Å². The van der Waals surface area contributed by atoms with Crippen molar-refractivity contribution < 1.29 is 14.3 Å². The van der Waals surface area contributed by atoms with E-state index in [0.717, 1.165) is 5.56 Å². The highest BCUT2D eigenvalue weighted by Gasteiger charge is 2.15. The Morgan fingerprint density at radius 2 is 2.17 bits per heavy atom. The first kappa shape index (κ1) is 14.4. The third kappa shape index (κ3) is 5.63. The van der Waals surface area contributed by atoms with Crippen molar-refractivity contribution in [3.8, 4) is 5.88 Å². The molecule has 0 atom stereocenters. The normalized spacial score (nSPS) is 11.1. The van der Waals surface area contributed by atoms with Crippen LogP contribution < -0.4 is 10.1 Å². The number of carbonyl (C=O) groups is 1. The second kappa shape index (κ2) is 6.35. The van der Waals surface area contributed by atoms with Gasteiger partial charge < -0.3 is 14.8 Å². The zero-order chi connectivity index (χ0) is 13.6. The first-order chi connectivity index (χ1) is 8.40. The predicted octanol–water partition coefficient (Wildman–Crippen LogP) is 1.52. The highest BCUT2D eigenvalue weighted by molar-refractivity contribution is 5.72. The van der Waals surface area contributed by atoms with Crippen LogP contribution in [0, 0.1) is 0 Å². The van der Waals surface area contributed by atoms with Gasteiger partial charge in [0.2, 0.25) is 5.88 Å². The van der Waals surface area contributed by atoms with Crippen LogP contribution in [0.4, 0.5) is 0 Å². The molecule has 0 aliphatic carbocycles. The van der Waals surface area contributed by atoms with E-state index in [-0.39, 0.29) is 12.5 Å². The summed E-state index contributed by atoms with van der Waals surface area (Å²) in [5.41, 5.74) is 0.559. The Kier molecular flexibility index (Phi) is 5.09. The monoisotopic (exact) mass is 252 g/mol. The van der Waals surface area contributed by atoms with Crippen molar-refractivity contribution in [1.82, 2.24) is 10.3 Å². The molecule has 5 nitrogen and oxygen atoms in total. The fraction of sp³-hybridized carbons (Fsp3) is 0.538. The lowest BCUT2D eigenvalue weighted by molar-refractivity contribution is -0.153. The molecule has 0 radical (unpaired) electrons. The Labute approximate surface area is 108 Å². The first-order valence-corrected chi connectivity index (χ1v) is 5.82. The number of methoxy groups -OCH3 is 1. The zero-order valence-corrected chi connectivity index (χ0v) is 11.3. The second-order valence-corrected chi connectivity index (χ2v) is 4.90. The van der Waals surface area contributed by atoms with Crippen LogP contribution in [-0.2, 0) is 16.1 Å². The highest BCUT2D eigenvalue weighted by atomic mass is 16.6. The molecule has 0 amide bonds. The summed E-state index contributed by atoms with van der Waals surface area (Å²) in [7, 11) is 1.57. The average Bonchev–Trinajstić information content (AvgIpc) is 2.27. The lowest BCUT2D eigenvalue weighted by Gasteiger charge is -2.19. The lowest BCUT2D eigenvalue weighted by Crippen LogP contribution is -2.31. The van der Waals surface area contributed by atoms with Gasteiger partial charge in [-0.3, -0.25) is 4.79 Å². The topological polar surface area (TPSA) is 60.5 Å². The Balaban J connectivity index is 2.35. The Bertz CT molecular complexity index is 399. The van der Waals surface area contributed by atoms with Gasteiger partial charge in [0.1, 0.15) is 5.60 Å². The van der Waals surface area contributed by atoms with Crippen LogP contribution in [0.1, 0.15) is 26.3 Å². The van der Waals surface area contributed by atoms with E-state index in [1.54, 1.807) is 13.3 Å². The van der Waals surface area contributed by atoms with Gasteiger partial charge in [-0.15, -0.1) is 0 Å². The van der Waals surface area contributed by atoms with E-state index >= 15 is 0 Å². The summed E-state index contributed by atoms with van der Waals surface area (Å²) in [4.78, 5) is 15.5. The van der Waals surface area contributed by atoms with E-state index in [1.807, 2.05) is 32.9 Å². The summed E-state index contributed by atoms with van der Waals surface area (Å²) in [6, 6.07) is 3.69. The molecular formula is C13H20N2O3. The Hall–Kier alpha value is -1.62. The molecule has 0 aliphatic heterocycles. The molecule has 1 aromatic heterocycles. The maximum Gasteiger partial charge on any atom is 0.320 e. The van der Waals surface area contributed by atoms with Gasteiger partial charge in [-0.05, 0) is 32.4 Å². The molecule has 0 bridgehead atoms. The van der Waals surface area contributed by atoms with E-state index in [2.05, 4.69) is 10.3 Å². The summed E-state index contributed by atoms with van der Waals surface area (Å²) in [6.07, 6.45) is 1.67. The minimum atomic E-state index is -0.446. The second-order valence-electron chi connectivity index (χ2n) is 4.90. The number of rotatable bonds is 5. The van der Waals surface area contributed by atoms with Gasteiger partial charge in [0, 0.05) is 18.8 Å². The summed E-state index contributed by atoms with van der Waals surface area (Å²) >= 11 is 0. The van der Waals surface area contributed by atoms with E-state index in [1.165, 1.54) is 0 Å². The van der Waals surface area contributed by atoms with Gasteiger partial charge in [0.25, 0.3) is 0 Å². The zero-order valence-electron chi connectivity index (χ0n) is 11.3.